The van der Waals surface area contributed by atoms with E-state index in [1.54, 1.807) is 18.2 Å². The Bertz CT molecular complexity index is 1170. The Morgan fingerprint density at radius 2 is 2.06 bits per heavy atom. The predicted molar refractivity (Wildman–Crippen MR) is 121 cm³/mol. The minimum Gasteiger partial charge on any atom is -0.497 e. The van der Waals surface area contributed by atoms with Crippen molar-refractivity contribution in [2.75, 3.05) is 20.2 Å². The predicted octanol–water partition coefficient (Wildman–Crippen LogP) is 1.53. The molecule has 5 rings (SSSR count). The van der Waals surface area contributed by atoms with Gasteiger partial charge in [0.2, 0.25) is 0 Å². The molecule has 0 bridgehead atoms. The van der Waals surface area contributed by atoms with Crippen LogP contribution in [0.15, 0.2) is 55.2 Å². The molecule has 4 heterocycles. The van der Waals surface area contributed by atoms with E-state index >= 15 is 0 Å². The fourth-order valence-electron chi connectivity index (χ4n) is 4.60. The maximum absolute atomic E-state index is 13.1. The summed E-state index contributed by atoms with van der Waals surface area (Å²) in [6.07, 6.45) is 8.54. The molecule has 2 amide bonds. The number of nitrogens with one attached hydrogen (secondary N) is 1. The van der Waals surface area contributed by atoms with Crippen LogP contribution in [0.25, 0.3) is 0 Å². The van der Waals surface area contributed by atoms with Crippen LogP contribution >= 0.6 is 0 Å². The summed E-state index contributed by atoms with van der Waals surface area (Å²) < 4.78 is 13.7. The molecule has 1 N–H and O–H groups in total. The number of aromatic nitrogens is 4. The fraction of sp³-hybridized carbons (Fsp3) is 0.375. The van der Waals surface area contributed by atoms with E-state index in [9.17, 15) is 9.59 Å². The second-order valence-corrected chi connectivity index (χ2v) is 8.46. The Labute approximate surface area is 196 Å². The molecule has 0 saturated carbocycles. The van der Waals surface area contributed by atoms with Gasteiger partial charge in [0.25, 0.3) is 11.8 Å². The van der Waals surface area contributed by atoms with E-state index in [-0.39, 0.29) is 11.8 Å². The maximum atomic E-state index is 13.1. The number of piperidine rings is 1. The number of imidazole rings is 1. The van der Waals surface area contributed by atoms with E-state index in [2.05, 4.69) is 20.3 Å². The number of fused-ring (bicyclic) bond motifs is 2. The van der Waals surface area contributed by atoms with Gasteiger partial charge >= 0.3 is 0 Å². The van der Waals surface area contributed by atoms with Crippen LogP contribution in [-0.4, -0.2) is 62.5 Å². The molecule has 2 aromatic heterocycles. The first-order valence-corrected chi connectivity index (χ1v) is 11.2. The quantitative estimate of drug-likeness (QED) is 0.612. The number of carbonyl (C=O) groups excluding carboxylic acids is 2. The van der Waals surface area contributed by atoms with Crippen LogP contribution in [0.1, 0.15) is 34.7 Å². The van der Waals surface area contributed by atoms with Gasteiger partial charge in [-0.1, -0.05) is 12.1 Å². The zero-order chi connectivity index (χ0) is 23.5. The number of rotatable bonds is 5. The molecule has 0 aliphatic carbocycles. The molecule has 3 aromatic rings. The number of methoxy groups -OCH3 is 1. The molecular formula is C24H26N6O4. The van der Waals surface area contributed by atoms with Gasteiger partial charge in [-0.05, 0) is 17.7 Å². The van der Waals surface area contributed by atoms with Gasteiger partial charge in [0.1, 0.15) is 22.9 Å². The van der Waals surface area contributed by atoms with E-state index in [1.165, 1.54) is 18.6 Å². The van der Waals surface area contributed by atoms with E-state index in [0.29, 0.717) is 44.7 Å². The Balaban J connectivity index is 1.27. The van der Waals surface area contributed by atoms with Gasteiger partial charge in [-0.3, -0.25) is 14.6 Å². The summed E-state index contributed by atoms with van der Waals surface area (Å²) in [6, 6.07) is 7.58. The second-order valence-electron chi connectivity index (χ2n) is 8.46. The van der Waals surface area contributed by atoms with Gasteiger partial charge < -0.3 is 24.3 Å². The summed E-state index contributed by atoms with van der Waals surface area (Å²) in [5.74, 6) is 1.20. The molecule has 176 valence electrons. The number of carbonyl (C=O) groups is 2. The molecule has 1 aromatic carbocycles. The van der Waals surface area contributed by atoms with Gasteiger partial charge in [-0.15, -0.1) is 0 Å². The fourth-order valence-corrected chi connectivity index (χ4v) is 4.60. The standard InChI is InChI=1S/C24H26N6O4/c1-33-18-4-2-3-17(13-18)14-28-21(31)20-16-30-12-9-27-23(30)24(34-20)5-10-29(11-6-24)22(32)19-15-25-7-8-26-19/h2-4,7-9,12-13,15,20H,5-6,10-11,14,16H2,1H3,(H,28,31)/t20-/m1/s1. The average molecular weight is 463 g/mol. The summed E-state index contributed by atoms with van der Waals surface area (Å²) >= 11 is 0. The van der Waals surface area contributed by atoms with Crippen molar-refractivity contribution in [3.63, 3.8) is 0 Å². The number of amides is 2. The zero-order valence-electron chi connectivity index (χ0n) is 18.9. The van der Waals surface area contributed by atoms with Crippen molar-refractivity contribution in [1.29, 1.82) is 0 Å². The minimum absolute atomic E-state index is 0.158. The first kappa shape index (κ1) is 22.0. The largest absolute Gasteiger partial charge is 0.497 e. The van der Waals surface area contributed by atoms with Gasteiger partial charge in [0.05, 0.1) is 19.9 Å². The van der Waals surface area contributed by atoms with Crippen molar-refractivity contribution in [2.45, 2.75) is 37.6 Å². The number of benzene rings is 1. The van der Waals surface area contributed by atoms with E-state index in [4.69, 9.17) is 9.47 Å². The Kier molecular flexibility index (Phi) is 5.97. The lowest BCUT2D eigenvalue weighted by Gasteiger charge is -2.45. The molecule has 10 heteroatoms. The number of hydrogen-bond acceptors (Lipinski definition) is 7. The van der Waals surface area contributed by atoms with Crippen LogP contribution in [0.3, 0.4) is 0 Å². The average Bonchev–Trinajstić information content (AvgIpc) is 3.38. The van der Waals surface area contributed by atoms with Crippen molar-refractivity contribution < 1.29 is 19.1 Å². The molecule has 0 radical (unpaired) electrons. The molecule has 0 unspecified atom stereocenters. The normalized spacial score (nSPS) is 18.9. The van der Waals surface area contributed by atoms with Gasteiger partial charge in [0.15, 0.2) is 6.10 Å². The van der Waals surface area contributed by atoms with Gasteiger partial charge in [0, 0.05) is 57.3 Å². The summed E-state index contributed by atoms with van der Waals surface area (Å²) in [6.45, 7) is 1.71. The summed E-state index contributed by atoms with van der Waals surface area (Å²) in [4.78, 5) is 40.2. The van der Waals surface area contributed by atoms with Gasteiger partial charge in [-0.25, -0.2) is 9.97 Å². The maximum Gasteiger partial charge on any atom is 0.274 e. The van der Waals surface area contributed by atoms with Gasteiger partial charge in [-0.2, -0.15) is 0 Å². The Hall–Kier alpha value is -3.79. The molecule has 10 nitrogen and oxygen atoms in total. The van der Waals surface area contributed by atoms with Crippen LogP contribution in [0, 0.1) is 0 Å². The molecule has 1 fully saturated rings. The lowest BCUT2D eigenvalue weighted by molar-refractivity contribution is -0.172. The highest BCUT2D eigenvalue weighted by molar-refractivity contribution is 5.92. The molecule has 1 atom stereocenters. The second kappa shape index (κ2) is 9.22. The van der Waals surface area contributed by atoms with Crippen molar-refractivity contribution in [3.05, 3.63) is 72.3 Å². The molecular weight excluding hydrogens is 436 g/mol. The van der Waals surface area contributed by atoms with Crippen molar-refractivity contribution in [1.82, 2.24) is 29.7 Å². The molecule has 2 aliphatic heterocycles. The molecule has 1 saturated heterocycles. The van der Waals surface area contributed by atoms with E-state index in [0.717, 1.165) is 17.1 Å². The summed E-state index contributed by atoms with van der Waals surface area (Å²) in [5.41, 5.74) is 0.537. The number of hydrogen-bond donors (Lipinski definition) is 1. The number of likely N-dealkylation sites (tertiary alicyclic amines) is 1. The summed E-state index contributed by atoms with van der Waals surface area (Å²) in [5, 5.41) is 2.98. The first-order chi connectivity index (χ1) is 16.6. The topological polar surface area (TPSA) is 111 Å². The molecule has 34 heavy (non-hydrogen) atoms. The minimum atomic E-state index is -0.723. The third-order valence-electron chi connectivity index (χ3n) is 6.39. The smallest absolute Gasteiger partial charge is 0.274 e. The van der Waals surface area contributed by atoms with Crippen molar-refractivity contribution in [3.8, 4) is 5.75 Å². The number of ether oxygens (including phenoxy) is 2. The number of nitrogens with zero attached hydrogens (tertiary/aromatic N) is 5. The SMILES string of the molecule is COc1cccc(CNC(=O)[C@H]2Cn3ccnc3C3(CCN(C(=O)c4cnccn4)CC3)O2)c1. The zero-order valence-corrected chi connectivity index (χ0v) is 18.9. The first-order valence-electron chi connectivity index (χ1n) is 11.2. The van der Waals surface area contributed by atoms with Crippen LogP contribution in [0.5, 0.6) is 5.75 Å². The monoisotopic (exact) mass is 462 g/mol. The third kappa shape index (κ3) is 4.24. The molecule has 2 aliphatic rings. The highest BCUT2D eigenvalue weighted by atomic mass is 16.5. The van der Waals surface area contributed by atoms with E-state index in [1.807, 2.05) is 35.0 Å². The molecule has 1 spiro atoms. The highest BCUT2D eigenvalue weighted by Gasteiger charge is 2.47. The third-order valence-corrected chi connectivity index (χ3v) is 6.39. The van der Waals surface area contributed by atoms with Crippen LogP contribution in [-0.2, 0) is 28.2 Å². The van der Waals surface area contributed by atoms with Crippen molar-refractivity contribution in [2.24, 2.45) is 0 Å². The Morgan fingerprint density at radius 3 is 2.82 bits per heavy atom. The van der Waals surface area contributed by atoms with Crippen molar-refractivity contribution >= 4 is 11.8 Å². The lowest BCUT2D eigenvalue weighted by Crippen LogP contribution is -2.54. The lowest BCUT2D eigenvalue weighted by atomic mass is 9.88. The van der Waals surface area contributed by atoms with Crippen LogP contribution < -0.4 is 10.1 Å². The Morgan fingerprint density at radius 1 is 1.21 bits per heavy atom. The van der Waals surface area contributed by atoms with Crippen LogP contribution in [0.2, 0.25) is 0 Å². The van der Waals surface area contributed by atoms with Crippen LogP contribution in [0.4, 0.5) is 0 Å². The summed E-state index contributed by atoms with van der Waals surface area (Å²) in [7, 11) is 1.61. The highest BCUT2D eigenvalue weighted by Crippen LogP contribution is 2.40. The van der Waals surface area contributed by atoms with E-state index < -0.39 is 11.7 Å².